The fourth-order valence-corrected chi connectivity index (χ4v) is 6.86. The van der Waals surface area contributed by atoms with Crippen LogP contribution >= 0.6 is 0 Å². The van der Waals surface area contributed by atoms with E-state index < -0.39 is 11.7 Å². The Bertz CT molecular complexity index is 2230. The second kappa shape index (κ2) is 10.8. The number of hydrogen-bond acceptors (Lipinski definition) is 2. The Hall–Kier alpha value is -5.10. The van der Waals surface area contributed by atoms with Crippen molar-refractivity contribution in [3.8, 4) is 28.0 Å². The summed E-state index contributed by atoms with van der Waals surface area (Å²) in [7, 11) is 0. The summed E-state index contributed by atoms with van der Waals surface area (Å²) < 4.78 is 62.1. The van der Waals surface area contributed by atoms with Crippen LogP contribution in [-0.2, 0) is 12.8 Å². The van der Waals surface area contributed by atoms with Gasteiger partial charge in [-0.3, -0.25) is 0 Å². The highest BCUT2D eigenvalue weighted by Gasteiger charge is 2.30. The van der Waals surface area contributed by atoms with Gasteiger partial charge in [-0.15, -0.1) is 0 Å². The molecule has 1 saturated carbocycles. The molecule has 8 rings (SSSR count). The lowest BCUT2D eigenvalue weighted by Crippen LogP contribution is -2.12. The van der Waals surface area contributed by atoms with Gasteiger partial charge in [-0.25, -0.2) is 4.39 Å². The van der Waals surface area contributed by atoms with Crippen LogP contribution in [0.2, 0.25) is 0 Å². The number of alkyl halides is 3. The van der Waals surface area contributed by atoms with Gasteiger partial charge >= 0.3 is 6.18 Å². The SMILES string of the molecule is Nc1cc2ccc3cccc4c(-c5ccc(C6CCC6)c(OCc6ccc(-c7ccc(C(F)(F)F)cc7)cc6)c5F)cc(c1)c2c34. The van der Waals surface area contributed by atoms with E-state index in [4.69, 9.17) is 10.5 Å². The van der Waals surface area contributed by atoms with Crippen molar-refractivity contribution in [2.24, 2.45) is 0 Å². The van der Waals surface area contributed by atoms with Crippen molar-refractivity contribution in [2.75, 3.05) is 5.73 Å². The maximum absolute atomic E-state index is 16.8. The molecule has 2 nitrogen and oxygen atoms in total. The lowest BCUT2D eigenvalue weighted by molar-refractivity contribution is -0.137. The van der Waals surface area contributed by atoms with Gasteiger partial charge < -0.3 is 10.5 Å². The van der Waals surface area contributed by atoms with Crippen LogP contribution in [0.5, 0.6) is 5.75 Å². The third-order valence-corrected chi connectivity index (χ3v) is 9.45. The first-order valence-corrected chi connectivity index (χ1v) is 15.4. The fourth-order valence-electron chi connectivity index (χ4n) is 6.86. The summed E-state index contributed by atoms with van der Waals surface area (Å²) in [6, 6.07) is 32.7. The number of ether oxygens (including phenoxy) is 1. The van der Waals surface area contributed by atoms with Gasteiger partial charge in [0.2, 0.25) is 0 Å². The molecule has 7 aromatic rings. The number of rotatable bonds is 6. The second-order valence-electron chi connectivity index (χ2n) is 12.3. The maximum Gasteiger partial charge on any atom is 0.416 e. The largest absolute Gasteiger partial charge is 0.486 e. The Labute approximate surface area is 263 Å². The molecule has 0 heterocycles. The van der Waals surface area contributed by atoms with Crippen molar-refractivity contribution in [1.82, 2.24) is 0 Å². The Kier molecular flexibility index (Phi) is 6.64. The molecule has 0 saturated heterocycles. The van der Waals surface area contributed by atoms with Gasteiger partial charge in [0.25, 0.3) is 0 Å². The number of nitrogens with two attached hydrogens (primary N) is 1. The third kappa shape index (κ3) is 4.80. The Morgan fingerprint density at radius 3 is 2.09 bits per heavy atom. The van der Waals surface area contributed by atoms with E-state index in [1.165, 1.54) is 12.1 Å². The Balaban J connectivity index is 1.16. The van der Waals surface area contributed by atoms with Crippen LogP contribution in [-0.4, -0.2) is 0 Å². The van der Waals surface area contributed by atoms with Crippen LogP contribution in [0, 0.1) is 5.82 Å². The van der Waals surface area contributed by atoms with Crippen molar-refractivity contribution >= 4 is 38.0 Å². The topological polar surface area (TPSA) is 35.2 Å². The molecule has 1 aliphatic carbocycles. The molecule has 2 N–H and O–H groups in total. The van der Waals surface area contributed by atoms with Gasteiger partial charge in [-0.05, 0) is 104 Å². The molecule has 0 bridgehead atoms. The Morgan fingerprint density at radius 1 is 0.696 bits per heavy atom. The lowest BCUT2D eigenvalue weighted by atomic mass is 9.79. The van der Waals surface area contributed by atoms with Crippen molar-refractivity contribution in [1.29, 1.82) is 0 Å². The van der Waals surface area contributed by atoms with Gasteiger partial charge in [-0.1, -0.05) is 85.3 Å². The molecule has 0 aliphatic heterocycles. The van der Waals surface area contributed by atoms with E-state index >= 15 is 4.39 Å². The van der Waals surface area contributed by atoms with E-state index in [0.29, 0.717) is 16.8 Å². The molecule has 0 unspecified atom stereocenters. The van der Waals surface area contributed by atoms with Crippen LogP contribution in [0.3, 0.4) is 0 Å². The van der Waals surface area contributed by atoms with E-state index in [-0.39, 0.29) is 24.1 Å². The van der Waals surface area contributed by atoms with Gasteiger partial charge in [0.1, 0.15) is 6.61 Å². The molecular formula is C40H29F4NO. The average molecular weight is 616 g/mol. The highest BCUT2D eigenvalue weighted by atomic mass is 19.4. The molecule has 0 atom stereocenters. The van der Waals surface area contributed by atoms with Crippen LogP contribution < -0.4 is 10.5 Å². The highest BCUT2D eigenvalue weighted by Crippen LogP contribution is 2.47. The number of hydrogen-bond donors (Lipinski definition) is 1. The van der Waals surface area contributed by atoms with Crippen molar-refractivity contribution < 1.29 is 22.3 Å². The molecule has 0 spiro atoms. The lowest BCUT2D eigenvalue weighted by Gasteiger charge is -2.28. The smallest absolute Gasteiger partial charge is 0.416 e. The van der Waals surface area contributed by atoms with E-state index in [2.05, 4.69) is 18.2 Å². The molecular weight excluding hydrogens is 586 g/mol. The fraction of sp³-hybridized carbons (Fsp3) is 0.150. The van der Waals surface area contributed by atoms with E-state index in [1.807, 2.05) is 66.7 Å². The van der Waals surface area contributed by atoms with Crippen molar-refractivity contribution in [3.63, 3.8) is 0 Å². The first-order chi connectivity index (χ1) is 22.2. The standard InChI is InChI=1S/C40H29F4NO/c41-38-34(35-21-29-20-31(45)19-28-12-11-27-5-2-6-33(35)37(27)36(28)29)18-17-32(26-3-1-4-26)39(38)46-22-23-7-9-24(10-8-23)25-13-15-30(16-14-25)40(42,43)44/h2,5-21,26H,1,3-4,22,45H2. The minimum absolute atomic E-state index is 0.153. The minimum atomic E-state index is -4.38. The first kappa shape index (κ1) is 28.4. The summed E-state index contributed by atoms with van der Waals surface area (Å²) in [6.07, 6.45) is -1.28. The van der Waals surface area contributed by atoms with Crippen LogP contribution in [0.1, 0.15) is 41.9 Å². The zero-order valence-electron chi connectivity index (χ0n) is 24.8. The average Bonchev–Trinajstić information content (AvgIpc) is 3.02. The summed E-state index contributed by atoms with van der Waals surface area (Å²) in [5.74, 6) is 0.144. The zero-order valence-corrected chi connectivity index (χ0v) is 24.8. The molecule has 7 aromatic carbocycles. The number of nitrogen functional groups attached to an aromatic ring is 1. The van der Waals surface area contributed by atoms with Crippen molar-refractivity contribution in [3.05, 3.63) is 132 Å². The van der Waals surface area contributed by atoms with Gasteiger partial charge in [0.15, 0.2) is 11.6 Å². The number of halogens is 4. The first-order valence-electron chi connectivity index (χ1n) is 15.4. The molecule has 46 heavy (non-hydrogen) atoms. The predicted molar refractivity (Wildman–Crippen MR) is 178 cm³/mol. The maximum atomic E-state index is 16.8. The van der Waals surface area contributed by atoms with Crippen molar-refractivity contribution in [2.45, 2.75) is 38.0 Å². The molecule has 1 fully saturated rings. The molecule has 0 aromatic heterocycles. The third-order valence-electron chi connectivity index (χ3n) is 9.45. The van der Waals surface area contributed by atoms with E-state index in [1.54, 1.807) is 0 Å². The summed E-state index contributed by atoms with van der Waals surface area (Å²) in [5.41, 5.74) is 10.7. The van der Waals surface area contributed by atoms with E-state index in [0.717, 1.165) is 86.0 Å². The summed E-state index contributed by atoms with van der Waals surface area (Å²) >= 11 is 0. The van der Waals surface area contributed by atoms with Gasteiger partial charge in [0.05, 0.1) is 5.56 Å². The summed E-state index contributed by atoms with van der Waals surface area (Å²) in [5, 5.41) is 6.29. The zero-order chi connectivity index (χ0) is 31.6. The molecule has 6 heteroatoms. The summed E-state index contributed by atoms with van der Waals surface area (Å²) in [4.78, 5) is 0. The second-order valence-corrected chi connectivity index (χ2v) is 12.3. The quantitative estimate of drug-likeness (QED) is 0.115. The minimum Gasteiger partial charge on any atom is -0.486 e. The molecule has 1 aliphatic rings. The normalized spacial score (nSPS) is 13.9. The van der Waals surface area contributed by atoms with E-state index in [9.17, 15) is 13.2 Å². The summed E-state index contributed by atoms with van der Waals surface area (Å²) in [6.45, 7) is 0.153. The number of anilines is 1. The van der Waals surface area contributed by atoms with Crippen LogP contribution in [0.25, 0.3) is 54.6 Å². The molecule has 228 valence electrons. The monoisotopic (exact) mass is 615 g/mol. The van der Waals surface area contributed by atoms with Gasteiger partial charge in [-0.2, -0.15) is 13.2 Å². The van der Waals surface area contributed by atoms with Crippen LogP contribution in [0.15, 0.2) is 109 Å². The molecule has 0 amide bonds. The van der Waals surface area contributed by atoms with Gasteiger partial charge in [0, 0.05) is 16.8 Å². The Morgan fingerprint density at radius 2 is 1.39 bits per heavy atom. The highest BCUT2D eigenvalue weighted by molar-refractivity contribution is 6.26. The number of benzene rings is 7. The predicted octanol–water partition coefficient (Wildman–Crippen LogP) is 11.5. The van der Waals surface area contributed by atoms with Crippen LogP contribution in [0.4, 0.5) is 23.2 Å². The molecule has 0 radical (unpaired) electrons.